The maximum atomic E-state index is 11.1. The van der Waals surface area contributed by atoms with Gasteiger partial charge in [-0.2, -0.15) is 0 Å². The van der Waals surface area contributed by atoms with Crippen molar-refractivity contribution in [2.24, 2.45) is 0 Å². The first-order valence-electron chi connectivity index (χ1n) is 5.25. The van der Waals surface area contributed by atoms with Crippen LogP contribution in [0.4, 0.5) is 0 Å². The number of carboxylic acids is 1. The molecule has 0 aromatic carbocycles. The van der Waals surface area contributed by atoms with E-state index in [2.05, 4.69) is 5.32 Å². The number of hydrogen-bond acceptors (Lipinski definition) is 4. The smallest absolute Gasteiger partial charge is 0.323 e. The molecule has 16 heavy (non-hydrogen) atoms. The van der Waals surface area contributed by atoms with E-state index in [1.54, 1.807) is 13.8 Å². The molecule has 0 fully saturated rings. The number of hydrogen-bond donors (Lipinski definition) is 2. The van der Waals surface area contributed by atoms with E-state index < -0.39 is 17.6 Å². The van der Waals surface area contributed by atoms with E-state index in [1.807, 2.05) is 20.8 Å². The number of nitrogens with one attached hydrogen (secondary N) is 1. The summed E-state index contributed by atoms with van der Waals surface area (Å²) in [5.41, 5.74) is -1.08. The third-order valence-electron chi connectivity index (χ3n) is 2.26. The van der Waals surface area contributed by atoms with Crippen molar-refractivity contribution in [2.75, 3.05) is 13.8 Å². The first-order valence-corrected chi connectivity index (χ1v) is 5.25. The van der Waals surface area contributed by atoms with Crippen LogP contribution in [-0.4, -0.2) is 42.2 Å². The summed E-state index contributed by atoms with van der Waals surface area (Å²) in [4.78, 5) is 11.1. The molecule has 0 saturated carbocycles. The highest BCUT2D eigenvalue weighted by atomic mass is 16.5. The number of aliphatic carboxylic acids is 1. The molecule has 5 heteroatoms. The Balaban J connectivity index is 4.33. The van der Waals surface area contributed by atoms with Crippen molar-refractivity contribution in [3.63, 3.8) is 0 Å². The minimum absolute atomic E-state index is 0.174. The van der Waals surface area contributed by atoms with Crippen molar-refractivity contribution >= 4 is 5.97 Å². The molecule has 0 aliphatic carbocycles. The van der Waals surface area contributed by atoms with Crippen LogP contribution in [0.1, 0.15) is 34.6 Å². The highest BCUT2D eigenvalue weighted by Gasteiger charge is 2.35. The van der Waals surface area contributed by atoms with Crippen molar-refractivity contribution in [1.29, 1.82) is 0 Å². The Kier molecular flexibility index (Phi) is 5.38. The van der Waals surface area contributed by atoms with Crippen molar-refractivity contribution in [1.82, 2.24) is 5.32 Å². The van der Waals surface area contributed by atoms with Gasteiger partial charge in [0.2, 0.25) is 0 Å². The Bertz CT molecular complexity index is 233. The quantitative estimate of drug-likeness (QED) is 0.675. The third kappa shape index (κ3) is 5.44. The lowest BCUT2D eigenvalue weighted by atomic mass is 9.99. The zero-order valence-electron chi connectivity index (χ0n) is 11.0. The molecule has 1 atom stereocenters. The predicted molar refractivity (Wildman–Crippen MR) is 61.4 cm³/mol. The third-order valence-corrected chi connectivity index (χ3v) is 2.26. The summed E-state index contributed by atoms with van der Waals surface area (Å²) in [5, 5.41) is 11.9. The number of ether oxygens (including phenoxy) is 2. The van der Waals surface area contributed by atoms with Gasteiger partial charge in [-0.3, -0.25) is 10.1 Å². The van der Waals surface area contributed by atoms with Gasteiger partial charge in [-0.1, -0.05) is 0 Å². The molecule has 1 unspecified atom stereocenters. The van der Waals surface area contributed by atoms with E-state index in [0.717, 1.165) is 0 Å². The molecule has 96 valence electrons. The zero-order valence-corrected chi connectivity index (χ0v) is 11.0. The van der Waals surface area contributed by atoms with Gasteiger partial charge in [0.25, 0.3) is 0 Å². The largest absolute Gasteiger partial charge is 0.480 e. The van der Waals surface area contributed by atoms with Gasteiger partial charge in [0.1, 0.15) is 6.04 Å². The summed E-state index contributed by atoms with van der Waals surface area (Å²) in [6.45, 7) is 9.34. The topological polar surface area (TPSA) is 67.8 Å². The molecule has 0 amide bonds. The second-order valence-electron chi connectivity index (χ2n) is 5.18. The highest BCUT2D eigenvalue weighted by Crippen LogP contribution is 2.14. The van der Waals surface area contributed by atoms with Gasteiger partial charge in [-0.05, 0) is 34.6 Å². The van der Waals surface area contributed by atoms with Crippen LogP contribution in [0.2, 0.25) is 0 Å². The fourth-order valence-electron chi connectivity index (χ4n) is 1.09. The van der Waals surface area contributed by atoms with Crippen LogP contribution in [0.25, 0.3) is 0 Å². The average Bonchev–Trinajstić information content (AvgIpc) is 2.09. The van der Waals surface area contributed by atoms with Crippen molar-refractivity contribution in [2.45, 2.75) is 51.9 Å². The number of carbonyl (C=O) groups is 1. The lowest BCUT2D eigenvalue weighted by Crippen LogP contribution is -2.54. The molecule has 0 spiro atoms. The Morgan fingerprint density at radius 3 is 2.12 bits per heavy atom. The van der Waals surface area contributed by atoms with E-state index in [0.29, 0.717) is 0 Å². The van der Waals surface area contributed by atoms with Crippen LogP contribution in [0.5, 0.6) is 0 Å². The normalized spacial score (nSPS) is 14.9. The monoisotopic (exact) mass is 233 g/mol. The maximum absolute atomic E-state index is 11.1. The van der Waals surface area contributed by atoms with Crippen LogP contribution in [-0.2, 0) is 14.3 Å². The highest BCUT2D eigenvalue weighted by molar-refractivity contribution is 5.75. The van der Waals surface area contributed by atoms with Crippen molar-refractivity contribution in [3.8, 4) is 0 Å². The SMILES string of the molecule is COC(C)(C)C(NCOC(C)(C)C)C(=O)O. The molecule has 0 aromatic heterocycles. The van der Waals surface area contributed by atoms with Gasteiger partial charge in [0.15, 0.2) is 0 Å². The summed E-state index contributed by atoms with van der Waals surface area (Å²) < 4.78 is 10.6. The van der Waals surface area contributed by atoms with E-state index in [4.69, 9.17) is 14.6 Å². The minimum Gasteiger partial charge on any atom is -0.480 e. The summed E-state index contributed by atoms with van der Waals surface area (Å²) >= 11 is 0. The van der Waals surface area contributed by atoms with Gasteiger partial charge in [-0.15, -0.1) is 0 Å². The van der Waals surface area contributed by atoms with E-state index >= 15 is 0 Å². The molecular formula is C11H23NO4. The van der Waals surface area contributed by atoms with Gasteiger partial charge >= 0.3 is 5.97 Å². The summed E-state index contributed by atoms with van der Waals surface area (Å²) in [5.74, 6) is -0.954. The molecular weight excluding hydrogens is 210 g/mol. The second kappa shape index (κ2) is 5.61. The summed E-state index contributed by atoms with van der Waals surface area (Å²) in [7, 11) is 1.49. The maximum Gasteiger partial charge on any atom is 0.323 e. The van der Waals surface area contributed by atoms with E-state index in [1.165, 1.54) is 7.11 Å². The molecule has 0 rings (SSSR count). The average molecular weight is 233 g/mol. The predicted octanol–water partition coefficient (Wildman–Crippen LogP) is 1.23. The van der Waals surface area contributed by atoms with Gasteiger partial charge in [0.05, 0.1) is 17.9 Å². The molecule has 0 aromatic rings. The van der Waals surface area contributed by atoms with E-state index in [-0.39, 0.29) is 12.3 Å². The van der Waals surface area contributed by atoms with E-state index in [9.17, 15) is 4.79 Å². The van der Waals surface area contributed by atoms with Gasteiger partial charge in [-0.25, -0.2) is 0 Å². The van der Waals surface area contributed by atoms with Crippen molar-refractivity contribution < 1.29 is 19.4 Å². The molecule has 0 radical (unpaired) electrons. The molecule has 0 aliphatic rings. The van der Waals surface area contributed by atoms with Gasteiger partial charge < -0.3 is 14.6 Å². The van der Waals surface area contributed by atoms with Crippen molar-refractivity contribution in [3.05, 3.63) is 0 Å². The lowest BCUT2D eigenvalue weighted by Gasteiger charge is -2.31. The van der Waals surface area contributed by atoms with Crippen LogP contribution in [0, 0.1) is 0 Å². The standard InChI is InChI=1S/C11H23NO4/c1-10(2,3)16-7-12-8(9(13)14)11(4,5)15-6/h8,12H,7H2,1-6H3,(H,13,14). The Morgan fingerprint density at radius 1 is 1.31 bits per heavy atom. The first-order chi connectivity index (χ1) is 7.10. The molecule has 0 saturated heterocycles. The van der Waals surface area contributed by atoms with Crippen LogP contribution in [0.15, 0.2) is 0 Å². The van der Waals surface area contributed by atoms with Gasteiger partial charge in [0, 0.05) is 7.11 Å². The van der Waals surface area contributed by atoms with Crippen LogP contribution in [0.3, 0.4) is 0 Å². The first kappa shape index (κ1) is 15.3. The molecule has 0 heterocycles. The zero-order chi connectivity index (χ0) is 13.0. The second-order valence-corrected chi connectivity index (χ2v) is 5.18. The fraction of sp³-hybridized carbons (Fsp3) is 0.909. The minimum atomic E-state index is -0.954. The lowest BCUT2D eigenvalue weighted by molar-refractivity contribution is -0.149. The fourth-order valence-corrected chi connectivity index (χ4v) is 1.09. The Morgan fingerprint density at radius 2 is 1.81 bits per heavy atom. The molecule has 5 nitrogen and oxygen atoms in total. The molecule has 0 bridgehead atoms. The number of carboxylic acid groups (broad SMARTS) is 1. The number of methoxy groups -OCH3 is 1. The number of rotatable bonds is 6. The molecule has 0 aliphatic heterocycles. The van der Waals surface area contributed by atoms with Crippen LogP contribution < -0.4 is 5.32 Å². The molecule has 2 N–H and O–H groups in total. The Hall–Kier alpha value is -0.650. The Labute approximate surface area is 97.1 Å². The van der Waals surface area contributed by atoms with Crippen LogP contribution >= 0.6 is 0 Å². The summed E-state index contributed by atoms with van der Waals surface area (Å²) in [6, 6.07) is -0.806. The summed E-state index contributed by atoms with van der Waals surface area (Å²) in [6.07, 6.45) is 0.